The van der Waals surface area contributed by atoms with Crippen LogP contribution >= 0.6 is 23.4 Å². The number of amides is 2. The lowest BCUT2D eigenvalue weighted by Gasteiger charge is -2.12. The Balaban J connectivity index is 1.46. The summed E-state index contributed by atoms with van der Waals surface area (Å²) in [6.45, 7) is 0.417. The van der Waals surface area contributed by atoms with Crippen molar-refractivity contribution < 1.29 is 18.7 Å². The lowest BCUT2D eigenvalue weighted by molar-refractivity contribution is -0.123. The first-order valence-corrected chi connectivity index (χ1v) is 10.6. The van der Waals surface area contributed by atoms with E-state index in [4.69, 9.17) is 16.3 Å². The van der Waals surface area contributed by atoms with E-state index >= 15 is 0 Å². The van der Waals surface area contributed by atoms with Gasteiger partial charge in [-0.15, -0.1) is 0 Å². The number of carbonyl (C=O) groups excluding carboxylic acids is 2. The Hall–Kier alpha value is -3.09. The molecule has 0 saturated carbocycles. The van der Waals surface area contributed by atoms with Crippen molar-refractivity contribution in [1.29, 1.82) is 0 Å². The van der Waals surface area contributed by atoms with Crippen molar-refractivity contribution in [2.75, 3.05) is 0 Å². The maximum absolute atomic E-state index is 13.1. The Bertz CT molecular complexity index is 1160. The second-order valence-electron chi connectivity index (χ2n) is 6.85. The van der Waals surface area contributed by atoms with Crippen molar-refractivity contribution in [3.63, 3.8) is 0 Å². The van der Waals surface area contributed by atoms with Crippen LogP contribution in [0.15, 0.2) is 77.7 Å². The zero-order valence-electron chi connectivity index (χ0n) is 16.3. The van der Waals surface area contributed by atoms with Crippen molar-refractivity contribution in [3.8, 4) is 5.75 Å². The zero-order chi connectivity index (χ0) is 21.8. The van der Waals surface area contributed by atoms with Gasteiger partial charge in [-0.25, -0.2) is 4.39 Å². The van der Waals surface area contributed by atoms with Crippen LogP contribution in [0.2, 0.25) is 5.02 Å². The average molecular weight is 454 g/mol. The highest BCUT2D eigenvalue weighted by molar-refractivity contribution is 8.18. The number of thioether (sulfide) groups is 1. The third-order valence-corrected chi connectivity index (χ3v) is 5.91. The third kappa shape index (κ3) is 5.16. The number of imide groups is 1. The van der Waals surface area contributed by atoms with Crippen LogP contribution in [-0.2, 0) is 17.9 Å². The van der Waals surface area contributed by atoms with Gasteiger partial charge in [0.25, 0.3) is 11.1 Å². The fourth-order valence-electron chi connectivity index (χ4n) is 3.03. The summed E-state index contributed by atoms with van der Waals surface area (Å²) in [6.07, 6.45) is 1.66. The van der Waals surface area contributed by atoms with Crippen LogP contribution in [0.25, 0.3) is 6.08 Å². The maximum Gasteiger partial charge on any atom is 0.293 e. The van der Waals surface area contributed by atoms with Crippen LogP contribution in [0.4, 0.5) is 9.18 Å². The molecule has 31 heavy (non-hydrogen) atoms. The zero-order valence-corrected chi connectivity index (χ0v) is 17.8. The molecule has 1 aliphatic heterocycles. The second kappa shape index (κ2) is 9.37. The summed E-state index contributed by atoms with van der Waals surface area (Å²) in [4.78, 5) is 26.5. The third-order valence-electron chi connectivity index (χ3n) is 4.64. The van der Waals surface area contributed by atoms with E-state index in [1.54, 1.807) is 30.3 Å². The fraction of sp³-hybridized carbons (Fsp3) is 0.0833. The van der Waals surface area contributed by atoms with Gasteiger partial charge in [0.05, 0.1) is 11.4 Å². The highest BCUT2D eigenvalue weighted by Gasteiger charge is 2.34. The van der Waals surface area contributed by atoms with Gasteiger partial charge in [0.2, 0.25) is 0 Å². The van der Waals surface area contributed by atoms with Crippen LogP contribution < -0.4 is 4.74 Å². The Labute approximate surface area is 188 Å². The summed E-state index contributed by atoms with van der Waals surface area (Å²) >= 11 is 7.04. The molecule has 0 bridgehead atoms. The number of rotatable bonds is 6. The number of hydrogen-bond acceptors (Lipinski definition) is 4. The first-order chi connectivity index (χ1) is 15.0. The summed E-state index contributed by atoms with van der Waals surface area (Å²) in [6, 6.07) is 20.4. The summed E-state index contributed by atoms with van der Waals surface area (Å²) in [5.41, 5.74) is 2.29. The molecule has 0 spiro atoms. The number of carbonyl (C=O) groups is 2. The minimum Gasteiger partial charge on any atom is -0.489 e. The molecule has 7 heteroatoms. The molecule has 0 radical (unpaired) electrons. The molecule has 156 valence electrons. The molecule has 0 aliphatic carbocycles. The Morgan fingerprint density at radius 1 is 1.00 bits per heavy atom. The molecular formula is C24H17ClFNO3S. The predicted octanol–water partition coefficient (Wildman–Crippen LogP) is 6.29. The summed E-state index contributed by atoms with van der Waals surface area (Å²) < 4.78 is 18.9. The molecule has 4 nitrogen and oxygen atoms in total. The molecule has 0 N–H and O–H groups in total. The van der Waals surface area contributed by atoms with Gasteiger partial charge in [-0.1, -0.05) is 54.1 Å². The topological polar surface area (TPSA) is 46.6 Å². The SMILES string of the molecule is O=C1S/C(=C/c2cccc(OCc3ccccc3Cl)c2)C(=O)N1Cc1ccc(F)cc1. The van der Waals surface area contributed by atoms with Gasteiger partial charge in [-0.05, 0) is 59.3 Å². The molecule has 1 fully saturated rings. The van der Waals surface area contributed by atoms with Crippen LogP contribution in [0.5, 0.6) is 5.75 Å². The van der Waals surface area contributed by atoms with Gasteiger partial charge >= 0.3 is 0 Å². The summed E-state index contributed by atoms with van der Waals surface area (Å²) in [7, 11) is 0. The van der Waals surface area contributed by atoms with Crippen molar-refractivity contribution in [2.45, 2.75) is 13.2 Å². The van der Waals surface area contributed by atoms with E-state index in [0.717, 1.165) is 27.8 Å². The molecule has 3 aromatic carbocycles. The lowest BCUT2D eigenvalue weighted by atomic mass is 10.2. The standard InChI is InChI=1S/C24H17ClFNO3S/c25-21-7-2-1-5-18(21)15-30-20-6-3-4-17(12-20)13-22-23(28)27(24(29)31-22)14-16-8-10-19(26)11-9-16/h1-13H,14-15H2/b22-13+. The predicted molar refractivity (Wildman–Crippen MR) is 120 cm³/mol. The minimum atomic E-state index is -0.373. The molecule has 2 amide bonds. The smallest absolute Gasteiger partial charge is 0.293 e. The van der Waals surface area contributed by atoms with E-state index in [1.165, 1.54) is 12.1 Å². The van der Waals surface area contributed by atoms with Crippen molar-refractivity contribution in [1.82, 2.24) is 4.90 Å². The molecule has 1 saturated heterocycles. The van der Waals surface area contributed by atoms with E-state index in [2.05, 4.69) is 0 Å². The maximum atomic E-state index is 13.1. The number of halogens is 2. The summed E-state index contributed by atoms with van der Waals surface area (Å²) in [5.74, 6) is -0.115. The molecule has 0 unspecified atom stereocenters. The normalized spacial score (nSPS) is 15.0. The Kier molecular flexibility index (Phi) is 6.39. The van der Waals surface area contributed by atoms with Gasteiger partial charge in [0.1, 0.15) is 18.2 Å². The number of ether oxygens (including phenoxy) is 1. The largest absolute Gasteiger partial charge is 0.489 e. The van der Waals surface area contributed by atoms with Crippen molar-refractivity contribution in [2.24, 2.45) is 0 Å². The van der Waals surface area contributed by atoms with Crippen LogP contribution in [0, 0.1) is 5.82 Å². The van der Waals surface area contributed by atoms with Crippen molar-refractivity contribution >= 4 is 40.6 Å². The lowest BCUT2D eigenvalue weighted by Crippen LogP contribution is -2.27. The van der Waals surface area contributed by atoms with E-state index < -0.39 is 0 Å². The molecule has 1 aliphatic rings. The quantitative estimate of drug-likeness (QED) is 0.411. The van der Waals surface area contributed by atoms with Gasteiger partial charge in [-0.2, -0.15) is 0 Å². The van der Waals surface area contributed by atoms with Gasteiger partial charge in [0.15, 0.2) is 0 Å². The summed E-state index contributed by atoms with van der Waals surface area (Å²) in [5, 5.41) is 0.278. The number of benzene rings is 3. The molecule has 4 rings (SSSR count). The Morgan fingerprint density at radius 3 is 2.55 bits per heavy atom. The molecule has 0 aromatic heterocycles. The number of hydrogen-bond donors (Lipinski definition) is 0. The highest BCUT2D eigenvalue weighted by atomic mass is 35.5. The van der Waals surface area contributed by atoms with Crippen molar-refractivity contribution in [3.05, 3.63) is 105 Å². The highest BCUT2D eigenvalue weighted by Crippen LogP contribution is 2.33. The van der Waals surface area contributed by atoms with E-state index in [1.807, 2.05) is 36.4 Å². The van der Waals surface area contributed by atoms with E-state index in [0.29, 0.717) is 27.8 Å². The molecule has 3 aromatic rings. The van der Waals surface area contributed by atoms with Gasteiger partial charge in [0, 0.05) is 10.6 Å². The van der Waals surface area contributed by atoms with Crippen LogP contribution in [-0.4, -0.2) is 16.0 Å². The fourth-order valence-corrected chi connectivity index (χ4v) is 4.06. The first-order valence-electron chi connectivity index (χ1n) is 9.46. The monoisotopic (exact) mass is 453 g/mol. The minimum absolute atomic E-state index is 0.100. The van der Waals surface area contributed by atoms with Crippen LogP contribution in [0.3, 0.4) is 0 Å². The Morgan fingerprint density at radius 2 is 1.77 bits per heavy atom. The van der Waals surface area contributed by atoms with E-state index in [-0.39, 0.29) is 23.5 Å². The molecule has 0 atom stereocenters. The average Bonchev–Trinajstić information content (AvgIpc) is 3.02. The first kappa shape index (κ1) is 21.2. The molecule has 1 heterocycles. The van der Waals surface area contributed by atoms with Gasteiger partial charge < -0.3 is 4.74 Å². The van der Waals surface area contributed by atoms with E-state index in [9.17, 15) is 14.0 Å². The molecular weight excluding hydrogens is 437 g/mol. The van der Waals surface area contributed by atoms with Gasteiger partial charge in [-0.3, -0.25) is 14.5 Å². The second-order valence-corrected chi connectivity index (χ2v) is 8.25. The van der Waals surface area contributed by atoms with Crippen LogP contribution in [0.1, 0.15) is 16.7 Å². The number of nitrogens with zero attached hydrogens (tertiary/aromatic N) is 1.